The van der Waals surface area contributed by atoms with Crippen LogP contribution in [-0.2, 0) is 15.1 Å². The molecular weight excluding hydrogens is 372 g/mol. The van der Waals surface area contributed by atoms with Gasteiger partial charge in [0.15, 0.2) is 11.0 Å². The number of rotatable bonds is 1. The van der Waals surface area contributed by atoms with E-state index in [4.69, 9.17) is 9.47 Å². The molecule has 2 aliphatic heterocycles. The molecule has 0 unspecified atom stereocenters. The number of carbonyl (C=O) groups excluding carboxylic acids is 2. The Bertz CT molecular complexity index is 997. The van der Waals surface area contributed by atoms with E-state index >= 15 is 0 Å². The van der Waals surface area contributed by atoms with Crippen molar-refractivity contribution >= 4 is 17.7 Å². The minimum absolute atomic E-state index is 0.166. The van der Waals surface area contributed by atoms with Crippen LogP contribution in [0.15, 0.2) is 30.5 Å². The van der Waals surface area contributed by atoms with Gasteiger partial charge in [0.1, 0.15) is 11.4 Å². The molecule has 0 bridgehead atoms. The Kier molecular flexibility index (Phi) is 4.36. The first kappa shape index (κ1) is 20.2. The second-order valence-corrected chi connectivity index (χ2v) is 8.15. The Morgan fingerprint density at radius 3 is 2.41 bits per heavy atom. The SMILES string of the molecule is C=C1CC(C#N)(C#N)[C@]2(C(=O)N(C)c3ccc(OC)cc32)N1C(=O)OC(C)(C)C. The first-order valence-corrected chi connectivity index (χ1v) is 8.99. The molecule has 1 spiro atoms. The maximum Gasteiger partial charge on any atom is 0.415 e. The Morgan fingerprint density at radius 2 is 1.90 bits per heavy atom. The van der Waals surface area contributed by atoms with Crippen LogP contribution in [0, 0.1) is 28.1 Å². The van der Waals surface area contributed by atoms with E-state index in [1.807, 2.05) is 12.1 Å². The molecule has 1 atom stereocenters. The number of hydrogen-bond acceptors (Lipinski definition) is 6. The molecule has 1 aromatic carbocycles. The quantitative estimate of drug-likeness (QED) is 0.725. The second kappa shape index (κ2) is 6.25. The lowest BCUT2D eigenvalue weighted by molar-refractivity contribution is -0.130. The van der Waals surface area contributed by atoms with E-state index in [0.29, 0.717) is 17.0 Å². The number of carbonyl (C=O) groups is 2. The third-order valence-corrected chi connectivity index (χ3v) is 5.27. The number of likely N-dealkylation sites (N-methyl/N-ethyl adjacent to an activating group) is 1. The zero-order valence-corrected chi connectivity index (χ0v) is 17.1. The number of amides is 2. The van der Waals surface area contributed by atoms with Gasteiger partial charge in [-0.05, 0) is 39.0 Å². The third-order valence-electron chi connectivity index (χ3n) is 5.27. The van der Waals surface area contributed by atoms with Crippen molar-refractivity contribution in [2.75, 3.05) is 19.1 Å². The Hall–Kier alpha value is -3.52. The van der Waals surface area contributed by atoms with Gasteiger partial charge in [-0.2, -0.15) is 10.5 Å². The summed E-state index contributed by atoms with van der Waals surface area (Å²) in [5.74, 6) is -0.147. The number of anilines is 1. The van der Waals surface area contributed by atoms with E-state index in [-0.39, 0.29) is 12.1 Å². The fraction of sp³-hybridized carbons (Fsp3) is 0.429. The van der Waals surface area contributed by atoms with Crippen LogP contribution in [0.3, 0.4) is 0 Å². The molecule has 0 aromatic heterocycles. The number of nitrogens with zero attached hydrogens (tertiary/aromatic N) is 4. The molecular formula is C21H22N4O4. The number of ether oxygens (including phenoxy) is 2. The molecule has 8 heteroatoms. The van der Waals surface area contributed by atoms with Crippen molar-refractivity contribution in [3.05, 3.63) is 36.0 Å². The molecule has 3 rings (SSSR count). The van der Waals surface area contributed by atoms with Crippen molar-refractivity contribution in [2.24, 2.45) is 5.41 Å². The molecule has 150 valence electrons. The molecule has 1 aromatic rings. The van der Waals surface area contributed by atoms with Crippen molar-refractivity contribution < 1.29 is 19.1 Å². The van der Waals surface area contributed by atoms with Crippen LogP contribution in [0.4, 0.5) is 10.5 Å². The van der Waals surface area contributed by atoms with Gasteiger partial charge < -0.3 is 14.4 Å². The number of fused-ring (bicyclic) bond motifs is 2. The smallest absolute Gasteiger partial charge is 0.415 e. The Morgan fingerprint density at radius 1 is 1.28 bits per heavy atom. The van der Waals surface area contributed by atoms with Gasteiger partial charge in [-0.15, -0.1) is 0 Å². The standard InChI is InChI=1S/C21H22N4O4/c1-13-10-20(11-22,12-23)21(25(13)18(27)29-19(2,3)4)15-9-14(28-6)7-8-16(15)24(5)17(21)26/h7-9H,1,10H2,2-6H3/t21-/m0/s1. The molecule has 2 heterocycles. The summed E-state index contributed by atoms with van der Waals surface area (Å²) in [6.45, 7) is 8.97. The summed E-state index contributed by atoms with van der Waals surface area (Å²) in [5.41, 5.74) is -3.67. The van der Waals surface area contributed by atoms with Gasteiger partial charge >= 0.3 is 6.09 Å². The van der Waals surface area contributed by atoms with Crippen LogP contribution < -0.4 is 9.64 Å². The summed E-state index contributed by atoms with van der Waals surface area (Å²) >= 11 is 0. The molecule has 8 nitrogen and oxygen atoms in total. The summed E-state index contributed by atoms with van der Waals surface area (Å²) in [6.07, 6.45) is -1.01. The molecule has 0 radical (unpaired) electrons. The highest BCUT2D eigenvalue weighted by molar-refractivity contribution is 6.11. The lowest BCUT2D eigenvalue weighted by Gasteiger charge is -2.39. The van der Waals surface area contributed by atoms with Crippen molar-refractivity contribution in [2.45, 2.75) is 38.3 Å². The number of benzene rings is 1. The molecule has 2 amide bonds. The Balaban J connectivity index is 2.39. The topological polar surface area (TPSA) is 107 Å². The van der Waals surface area contributed by atoms with E-state index in [0.717, 1.165) is 4.90 Å². The van der Waals surface area contributed by atoms with Crippen molar-refractivity contribution in [1.29, 1.82) is 10.5 Å². The fourth-order valence-electron chi connectivity index (χ4n) is 4.10. The van der Waals surface area contributed by atoms with E-state index in [2.05, 4.69) is 6.58 Å². The molecule has 1 fully saturated rings. The van der Waals surface area contributed by atoms with Crippen LogP contribution in [0.1, 0.15) is 32.8 Å². The summed E-state index contributed by atoms with van der Waals surface area (Å²) in [5, 5.41) is 20.1. The molecule has 29 heavy (non-hydrogen) atoms. The van der Waals surface area contributed by atoms with Crippen LogP contribution in [-0.4, -0.2) is 36.7 Å². The number of methoxy groups -OCH3 is 1. The van der Waals surface area contributed by atoms with Crippen LogP contribution in [0.5, 0.6) is 5.75 Å². The van der Waals surface area contributed by atoms with E-state index in [1.165, 1.54) is 19.1 Å². The number of hydrogen-bond donors (Lipinski definition) is 0. The van der Waals surface area contributed by atoms with Gasteiger partial charge in [0.25, 0.3) is 5.91 Å². The molecule has 1 saturated heterocycles. The lowest BCUT2D eigenvalue weighted by Crippen LogP contribution is -2.58. The number of allylic oxidation sites excluding steroid dienone is 1. The number of nitriles is 2. The van der Waals surface area contributed by atoms with Crippen molar-refractivity contribution in [3.63, 3.8) is 0 Å². The minimum Gasteiger partial charge on any atom is -0.497 e. The normalized spacial score (nSPS) is 22.3. The second-order valence-electron chi connectivity index (χ2n) is 8.15. The molecule has 0 saturated carbocycles. The highest BCUT2D eigenvalue weighted by Crippen LogP contribution is 2.61. The largest absolute Gasteiger partial charge is 0.497 e. The molecule has 2 aliphatic rings. The summed E-state index contributed by atoms with van der Waals surface area (Å²) in [6, 6.07) is 8.93. The molecule has 0 aliphatic carbocycles. The predicted molar refractivity (Wildman–Crippen MR) is 104 cm³/mol. The zero-order chi connectivity index (χ0) is 21.8. The van der Waals surface area contributed by atoms with Crippen molar-refractivity contribution in [1.82, 2.24) is 4.90 Å². The number of likely N-dealkylation sites (tertiary alicyclic amines) is 1. The lowest BCUT2D eigenvalue weighted by atomic mass is 9.68. The maximum absolute atomic E-state index is 13.6. The van der Waals surface area contributed by atoms with E-state index in [9.17, 15) is 20.1 Å². The van der Waals surface area contributed by atoms with Gasteiger partial charge in [-0.25, -0.2) is 4.79 Å². The van der Waals surface area contributed by atoms with Crippen LogP contribution >= 0.6 is 0 Å². The van der Waals surface area contributed by atoms with Gasteiger partial charge in [-0.3, -0.25) is 9.69 Å². The van der Waals surface area contributed by atoms with Crippen LogP contribution in [0.25, 0.3) is 0 Å². The average Bonchev–Trinajstić information content (AvgIpc) is 3.05. The fourth-order valence-corrected chi connectivity index (χ4v) is 4.10. The van der Waals surface area contributed by atoms with Crippen LogP contribution in [0.2, 0.25) is 0 Å². The summed E-state index contributed by atoms with van der Waals surface area (Å²) in [7, 11) is 3.01. The first-order valence-electron chi connectivity index (χ1n) is 8.99. The summed E-state index contributed by atoms with van der Waals surface area (Å²) in [4.78, 5) is 29.2. The van der Waals surface area contributed by atoms with Crippen molar-refractivity contribution in [3.8, 4) is 17.9 Å². The average molecular weight is 394 g/mol. The van der Waals surface area contributed by atoms with Gasteiger partial charge in [0.2, 0.25) is 0 Å². The van der Waals surface area contributed by atoms with Gasteiger partial charge in [-0.1, -0.05) is 6.58 Å². The monoisotopic (exact) mass is 394 g/mol. The predicted octanol–water partition coefficient (Wildman–Crippen LogP) is 3.05. The Labute approximate surface area is 169 Å². The molecule has 0 N–H and O–H groups in total. The van der Waals surface area contributed by atoms with E-state index in [1.54, 1.807) is 39.0 Å². The summed E-state index contributed by atoms with van der Waals surface area (Å²) < 4.78 is 10.8. The highest BCUT2D eigenvalue weighted by Gasteiger charge is 2.73. The maximum atomic E-state index is 13.6. The first-order chi connectivity index (χ1) is 13.5. The third kappa shape index (κ3) is 2.49. The zero-order valence-electron chi connectivity index (χ0n) is 17.1. The van der Waals surface area contributed by atoms with E-state index < -0.39 is 28.6 Å². The minimum atomic E-state index is -1.92. The highest BCUT2D eigenvalue weighted by atomic mass is 16.6. The van der Waals surface area contributed by atoms with Gasteiger partial charge in [0, 0.05) is 30.4 Å². The van der Waals surface area contributed by atoms with Gasteiger partial charge in [0.05, 0.1) is 19.2 Å².